The van der Waals surface area contributed by atoms with E-state index >= 15 is 0 Å². The van der Waals surface area contributed by atoms with Crippen LogP contribution in [0.15, 0.2) is 24.4 Å². The molecule has 1 heterocycles. The van der Waals surface area contributed by atoms with Gasteiger partial charge in [0, 0.05) is 11.6 Å². The number of halogens is 1. The summed E-state index contributed by atoms with van der Waals surface area (Å²) in [5.74, 6) is 0.279. The fourth-order valence-electron chi connectivity index (χ4n) is 1.36. The largest absolute Gasteiger partial charge is 0.505 e. The number of aromatic hydroxyl groups is 1. The topological polar surface area (TPSA) is 33.1 Å². The van der Waals surface area contributed by atoms with Gasteiger partial charge in [0.15, 0.2) is 5.75 Å². The molecule has 0 aliphatic rings. The Balaban J connectivity index is 2.97. The number of hydrogen-bond donors (Lipinski definition) is 1. The van der Waals surface area contributed by atoms with Gasteiger partial charge in [-0.05, 0) is 47.2 Å². The highest BCUT2D eigenvalue weighted by atomic mass is 127. The van der Waals surface area contributed by atoms with E-state index < -0.39 is 0 Å². The highest BCUT2D eigenvalue weighted by molar-refractivity contribution is 14.1. The fourth-order valence-corrected chi connectivity index (χ4v) is 2.08. The Morgan fingerprint density at radius 3 is 3.00 bits per heavy atom. The van der Waals surface area contributed by atoms with E-state index in [4.69, 9.17) is 0 Å². The summed E-state index contributed by atoms with van der Waals surface area (Å²) in [6.45, 7) is 2.02. The third-order valence-corrected chi connectivity index (χ3v) is 2.85. The predicted octanol–water partition coefficient (Wildman–Crippen LogP) is 2.85. The van der Waals surface area contributed by atoms with E-state index in [0.717, 1.165) is 14.5 Å². The molecule has 0 unspecified atom stereocenters. The number of aryl methyl sites for hydroxylation is 1. The van der Waals surface area contributed by atoms with E-state index in [0.29, 0.717) is 5.52 Å². The molecule has 0 atom stereocenters. The average molecular weight is 285 g/mol. The van der Waals surface area contributed by atoms with Gasteiger partial charge in [-0.25, -0.2) is 0 Å². The summed E-state index contributed by atoms with van der Waals surface area (Å²) in [4.78, 5) is 4.15. The zero-order valence-corrected chi connectivity index (χ0v) is 9.24. The van der Waals surface area contributed by atoms with E-state index in [9.17, 15) is 5.11 Å². The second-order valence-electron chi connectivity index (χ2n) is 2.92. The van der Waals surface area contributed by atoms with Crippen LogP contribution in [0.1, 0.15) is 5.56 Å². The predicted molar refractivity (Wildman–Crippen MR) is 60.9 cm³/mol. The van der Waals surface area contributed by atoms with Crippen molar-refractivity contribution in [2.24, 2.45) is 0 Å². The maximum Gasteiger partial charge on any atom is 0.155 e. The molecular weight excluding hydrogens is 277 g/mol. The van der Waals surface area contributed by atoms with Crippen LogP contribution in [0.2, 0.25) is 0 Å². The van der Waals surface area contributed by atoms with E-state index in [2.05, 4.69) is 27.6 Å². The molecule has 2 aromatic rings. The first-order valence-electron chi connectivity index (χ1n) is 3.93. The molecule has 13 heavy (non-hydrogen) atoms. The molecule has 0 aliphatic carbocycles. The van der Waals surface area contributed by atoms with Crippen LogP contribution in [0.5, 0.6) is 5.75 Å². The molecule has 3 heteroatoms. The summed E-state index contributed by atoms with van der Waals surface area (Å²) in [5.41, 5.74) is 1.83. The molecule has 0 saturated heterocycles. The average Bonchev–Trinajstić information content (AvgIpc) is 2.15. The van der Waals surface area contributed by atoms with Crippen molar-refractivity contribution in [2.45, 2.75) is 6.92 Å². The Hall–Kier alpha value is -0.840. The molecule has 66 valence electrons. The summed E-state index contributed by atoms with van der Waals surface area (Å²) in [6, 6.07) is 5.80. The van der Waals surface area contributed by atoms with Gasteiger partial charge in [-0.1, -0.05) is 6.07 Å². The minimum absolute atomic E-state index is 0.279. The zero-order chi connectivity index (χ0) is 9.42. The second kappa shape index (κ2) is 3.14. The van der Waals surface area contributed by atoms with Gasteiger partial charge < -0.3 is 5.11 Å². The van der Waals surface area contributed by atoms with Crippen LogP contribution < -0.4 is 0 Å². The van der Waals surface area contributed by atoms with E-state index in [1.807, 2.05) is 25.1 Å². The Labute approximate surface area is 89.8 Å². The molecule has 0 amide bonds. The Bertz CT molecular complexity index is 468. The first kappa shape index (κ1) is 8.74. The zero-order valence-electron chi connectivity index (χ0n) is 7.08. The number of phenols is 1. The van der Waals surface area contributed by atoms with Crippen LogP contribution in [0, 0.1) is 10.5 Å². The lowest BCUT2D eigenvalue weighted by Gasteiger charge is -2.04. The van der Waals surface area contributed by atoms with Crippen LogP contribution in [0.25, 0.3) is 10.9 Å². The number of fused-ring (bicyclic) bond motifs is 1. The number of hydrogen-bond acceptors (Lipinski definition) is 2. The van der Waals surface area contributed by atoms with Gasteiger partial charge in [0.2, 0.25) is 0 Å². The number of rotatable bonds is 0. The summed E-state index contributed by atoms with van der Waals surface area (Å²) in [6.07, 6.45) is 1.69. The molecule has 0 spiro atoms. The second-order valence-corrected chi connectivity index (χ2v) is 4.09. The van der Waals surface area contributed by atoms with Gasteiger partial charge >= 0.3 is 0 Å². The molecule has 0 radical (unpaired) electrons. The Morgan fingerprint density at radius 2 is 2.23 bits per heavy atom. The normalized spacial score (nSPS) is 10.6. The number of aromatic nitrogens is 1. The van der Waals surface area contributed by atoms with Crippen LogP contribution in [0.3, 0.4) is 0 Å². The summed E-state index contributed by atoms with van der Waals surface area (Å²) >= 11 is 2.11. The van der Waals surface area contributed by atoms with Crippen molar-refractivity contribution in [1.82, 2.24) is 4.98 Å². The molecule has 0 fully saturated rings. The van der Waals surface area contributed by atoms with Crippen molar-refractivity contribution in [3.05, 3.63) is 33.5 Å². The van der Waals surface area contributed by atoms with Crippen molar-refractivity contribution in [2.75, 3.05) is 0 Å². The van der Waals surface area contributed by atoms with Gasteiger partial charge in [0.1, 0.15) is 5.52 Å². The number of pyridine rings is 1. The van der Waals surface area contributed by atoms with Crippen molar-refractivity contribution in [1.29, 1.82) is 0 Å². The number of nitrogens with zero attached hydrogens (tertiary/aromatic N) is 1. The monoisotopic (exact) mass is 285 g/mol. The van der Waals surface area contributed by atoms with Gasteiger partial charge in [0.25, 0.3) is 0 Å². The number of benzene rings is 1. The molecule has 0 saturated carbocycles. The minimum Gasteiger partial charge on any atom is -0.505 e. The van der Waals surface area contributed by atoms with Crippen LogP contribution >= 0.6 is 22.6 Å². The lowest BCUT2D eigenvalue weighted by Crippen LogP contribution is -1.85. The van der Waals surface area contributed by atoms with E-state index in [-0.39, 0.29) is 5.75 Å². The van der Waals surface area contributed by atoms with Crippen LogP contribution in [-0.4, -0.2) is 10.1 Å². The Kier molecular flexibility index (Phi) is 2.11. The smallest absolute Gasteiger partial charge is 0.155 e. The molecule has 1 aromatic carbocycles. The standard InChI is InChI=1S/C10H8INO/c1-6-5-8(11)10(13)9-7(6)3-2-4-12-9/h2-5,13H,1H3. The third-order valence-electron chi connectivity index (χ3n) is 2.03. The highest BCUT2D eigenvalue weighted by Crippen LogP contribution is 2.30. The van der Waals surface area contributed by atoms with Crippen molar-refractivity contribution < 1.29 is 5.11 Å². The van der Waals surface area contributed by atoms with Gasteiger partial charge in [-0.3, -0.25) is 4.98 Å². The molecule has 0 aliphatic heterocycles. The summed E-state index contributed by atoms with van der Waals surface area (Å²) in [5, 5.41) is 10.7. The quantitative estimate of drug-likeness (QED) is 0.755. The van der Waals surface area contributed by atoms with Crippen molar-refractivity contribution in [3.63, 3.8) is 0 Å². The Morgan fingerprint density at radius 1 is 1.46 bits per heavy atom. The SMILES string of the molecule is Cc1cc(I)c(O)c2ncccc12. The van der Waals surface area contributed by atoms with E-state index in [1.165, 1.54) is 0 Å². The van der Waals surface area contributed by atoms with Crippen LogP contribution in [-0.2, 0) is 0 Å². The third kappa shape index (κ3) is 1.37. The first-order valence-corrected chi connectivity index (χ1v) is 5.01. The lowest BCUT2D eigenvalue weighted by atomic mass is 10.1. The lowest BCUT2D eigenvalue weighted by molar-refractivity contribution is 0.476. The molecule has 2 nitrogen and oxygen atoms in total. The maximum atomic E-state index is 9.71. The fraction of sp³-hybridized carbons (Fsp3) is 0.100. The summed E-state index contributed by atoms with van der Waals surface area (Å²) in [7, 11) is 0. The van der Waals surface area contributed by atoms with Crippen LogP contribution in [0.4, 0.5) is 0 Å². The van der Waals surface area contributed by atoms with Gasteiger partial charge in [0.05, 0.1) is 3.57 Å². The molecule has 0 bridgehead atoms. The molecular formula is C10H8INO. The minimum atomic E-state index is 0.279. The van der Waals surface area contributed by atoms with Crippen molar-refractivity contribution in [3.8, 4) is 5.75 Å². The maximum absolute atomic E-state index is 9.71. The number of phenolic OH excluding ortho intramolecular Hbond substituents is 1. The van der Waals surface area contributed by atoms with E-state index in [1.54, 1.807) is 6.20 Å². The first-order chi connectivity index (χ1) is 6.20. The van der Waals surface area contributed by atoms with Crippen molar-refractivity contribution >= 4 is 33.5 Å². The molecule has 2 rings (SSSR count). The highest BCUT2D eigenvalue weighted by Gasteiger charge is 2.06. The molecule has 1 N–H and O–H groups in total. The van der Waals surface area contributed by atoms with Gasteiger partial charge in [-0.2, -0.15) is 0 Å². The van der Waals surface area contributed by atoms with Gasteiger partial charge in [-0.15, -0.1) is 0 Å². The summed E-state index contributed by atoms with van der Waals surface area (Å²) < 4.78 is 0.848. The molecule has 1 aromatic heterocycles.